The fourth-order valence-corrected chi connectivity index (χ4v) is 2.18. The molecule has 1 aromatic heterocycles. The van der Waals surface area contributed by atoms with Crippen LogP contribution in [0, 0.1) is 5.92 Å². The Morgan fingerprint density at radius 1 is 1.40 bits per heavy atom. The van der Waals surface area contributed by atoms with Crippen LogP contribution in [0.2, 0.25) is 0 Å². The predicted molar refractivity (Wildman–Crippen MR) is 72.3 cm³/mol. The topological polar surface area (TPSA) is 95.1 Å². The average Bonchev–Trinajstić information content (AvgIpc) is 3.10. The third-order valence-corrected chi connectivity index (χ3v) is 3.29. The number of ether oxygens (including phenoxy) is 1. The molecule has 2 heterocycles. The van der Waals surface area contributed by atoms with E-state index in [0.717, 1.165) is 5.69 Å². The van der Waals surface area contributed by atoms with Crippen molar-refractivity contribution in [2.75, 3.05) is 18.5 Å². The van der Waals surface area contributed by atoms with Crippen LogP contribution in [-0.4, -0.2) is 39.9 Å². The van der Waals surface area contributed by atoms with Crippen molar-refractivity contribution in [3.8, 4) is 5.69 Å². The van der Waals surface area contributed by atoms with Crippen LogP contribution >= 0.6 is 0 Å². The first-order valence-corrected chi connectivity index (χ1v) is 6.34. The monoisotopic (exact) mass is 273 g/mol. The number of aromatic nitrogens is 3. The zero-order chi connectivity index (χ0) is 13.9. The zero-order valence-corrected chi connectivity index (χ0v) is 10.8. The van der Waals surface area contributed by atoms with Gasteiger partial charge in [-0.1, -0.05) is 12.1 Å². The number of rotatable bonds is 3. The maximum atomic E-state index is 12.2. The molecule has 0 saturated carbocycles. The summed E-state index contributed by atoms with van der Waals surface area (Å²) in [6, 6.07) is 7.14. The Kier molecular flexibility index (Phi) is 3.44. The second-order valence-electron chi connectivity index (χ2n) is 4.65. The lowest BCUT2D eigenvalue weighted by Crippen LogP contribution is -2.37. The van der Waals surface area contributed by atoms with Crippen LogP contribution in [0.15, 0.2) is 36.9 Å². The fourth-order valence-electron chi connectivity index (χ4n) is 2.18. The summed E-state index contributed by atoms with van der Waals surface area (Å²) in [5, 5.41) is 6.96. The standard InChI is InChI=1S/C13H15N5O2/c14-10-6-20-5-9(10)13(19)17-11-3-1-2-4-12(11)18-8-15-7-16-18/h1-4,7-10H,5-6,14H2,(H,17,19). The van der Waals surface area contributed by atoms with E-state index in [2.05, 4.69) is 15.4 Å². The van der Waals surface area contributed by atoms with Crippen molar-refractivity contribution < 1.29 is 9.53 Å². The highest BCUT2D eigenvalue weighted by atomic mass is 16.5. The number of amides is 1. The number of benzene rings is 1. The van der Waals surface area contributed by atoms with Crippen LogP contribution in [0.3, 0.4) is 0 Å². The molecular weight excluding hydrogens is 258 g/mol. The Balaban J connectivity index is 1.83. The van der Waals surface area contributed by atoms with E-state index in [4.69, 9.17) is 10.5 Å². The molecule has 0 bridgehead atoms. The number of anilines is 1. The summed E-state index contributed by atoms with van der Waals surface area (Å²) >= 11 is 0. The molecule has 3 rings (SSSR count). The van der Waals surface area contributed by atoms with Gasteiger partial charge in [0.2, 0.25) is 5.91 Å². The highest BCUT2D eigenvalue weighted by molar-refractivity contribution is 5.95. The van der Waals surface area contributed by atoms with Gasteiger partial charge in [0.15, 0.2) is 0 Å². The molecule has 104 valence electrons. The first-order valence-electron chi connectivity index (χ1n) is 6.34. The lowest BCUT2D eigenvalue weighted by molar-refractivity contribution is -0.120. The van der Waals surface area contributed by atoms with Crippen molar-refractivity contribution in [1.82, 2.24) is 14.8 Å². The Bertz CT molecular complexity index is 599. The summed E-state index contributed by atoms with van der Waals surface area (Å²) in [5.74, 6) is -0.457. The van der Waals surface area contributed by atoms with Crippen LogP contribution in [0.5, 0.6) is 0 Å². The molecule has 7 heteroatoms. The molecule has 1 amide bonds. The van der Waals surface area contributed by atoms with E-state index in [1.54, 1.807) is 11.0 Å². The molecule has 20 heavy (non-hydrogen) atoms. The lowest BCUT2D eigenvalue weighted by atomic mass is 10.0. The van der Waals surface area contributed by atoms with Crippen LogP contribution in [-0.2, 0) is 9.53 Å². The molecule has 2 unspecified atom stereocenters. The smallest absolute Gasteiger partial charge is 0.231 e. The molecule has 1 saturated heterocycles. The van der Waals surface area contributed by atoms with E-state index in [0.29, 0.717) is 18.9 Å². The maximum Gasteiger partial charge on any atom is 0.231 e. The molecule has 1 aliphatic rings. The Morgan fingerprint density at radius 2 is 2.25 bits per heavy atom. The number of nitrogens with one attached hydrogen (secondary N) is 1. The molecule has 2 atom stereocenters. The molecular formula is C13H15N5O2. The second-order valence-corrected chi connectivity index (χ2v) is 4.65. The lowest BCUT2D eigenvalue weighted by Gasteiger charge is -2.15. The molecule has 3 N–H and O–H groups in total. The van der Waals surface area contributed by atoms with Crippen molar-refractivity contribution >= 4 is 11.6 Å². The molecule has 0 radical (unpaired) electrons. The molecule has 1 fully saturated rings. The Morgan fingerprint density at radius 3 is 2.95 bits per heavy atom. The largest absolute Gasteiger partial charge is 0.379 e. The summed E-state index contributed by atoms with van der Waals surface area (Å²) in [7, 11) is 0. The third-order valence-electron chi connectivity index (χ3n) is 3.29. The molecule has 2 aromatic rings. The van der Waals surface area contributed by atoms with E-state index >= 15 is 0 Å². The van der Waals surface area contributed by atoms with Crippen molar-refractivity contribution in [2.45, 2.75) is 6.04 Å². The maximum absolute atomic E-state index is 12.2. The van der Waals surface area contributed by atoms with E-state index in [9.17, 15) is 4.79 Å². The quantitative estimate of drug-likeness (QED) is 0.831. The van der Waals surface area contributed by atoms with Gasteiger partial charge in [0.05, 0.1) is 30.5 Å². The Hall–Kier alpha value is -2.25. The second kappa shape index (κ2) is 5.40. The van der Waals surface area contributed by atoms with Gasteiger partial charge in [-0.05, 0) is 12.1 Å². The van der Waals surface area contributed by atoms with Gasteiger partial charge in [0, 0.05) is 6.04 Å². The van der Waals surface area contributed by atoms with E-state index in [1.807, 2.05) is 24.3 Å². The van der Waals surface area contributed by atoms with Gasteiger partial charge in [0.1, 0.15) is 12.7 Å². The number of nitrogens with zero attached hydrogens (tertiary/aromatic N) is 3. The average molecular weight is 273 g/mol. The molecule has 1 aliphatic heterocycles. The van der Waals surface area contributed by atoms with Crippen LogP contribution in [0.25, 0.3) is 5.69 Å². The van der Waals surface area contributed by atoms with Gasteiger partial charge >= 0.3 is 0 Å². The number of para-hydroxylation sites is 2. The number of hydrogen-bond acceptors (Lipinski definition) is 5. The minimum Gasteiger partial charge on any atom is -0.379 e. The van der Waals surface area contributed by atoms with E-state index < -0.39 is 0 Å². The third kappa shape index (κ3) is 2.40. The van der Waals surface area contributed by atoms with E-state index in [-0.39, 0.29) is 17.9 Å². The van der Waals surface area contributed by atoms with Crippen LogP contribution in [0.4, 0.5) is 5.69 Å². The van der Waals surface area contributed by atoms with Gasteiger partial charge < -0.3 is 15.8 Å². The molecule has 0 spiro atoms. The zero-order valence-electron chi connectivity index (χ0n) is 10.8. The van der Waals surface area contributed by atoms with Gasteiger partial charge in [0.25, 0.3) is 0 Å². The Labute approximate surface area is 115 Å². The van der Waals surface area contributed by atoms with Crippen LogP contribution in [0.1, 0.15) is 0 Å². The number of carbonyl (C=O) groups is 1. The fraction of sp³-hybridized carbons (Fsp3) is 0.308. The summed E-state index contributed by atoms with van der Waals surface area (Å²) in [4.78, 5) is 16.1. The summed E-state index contributed by atoms with van der Waals surface area (Å²) < 4.78 is 6.82. The van der Waals surface area contributed by atoms with E-state index in [1.165, 1.54) is 6.33 Å². The minimum atomic E-state index is -0.321. The molecule has 0 aliphatic carbocycles. The highest BCUT2D eigenvalue weighted by Crippen LogP contribution is 2.21. The number of nitrogens with two attached hydrogens (primary N) is 1. The van der Waals surface area contributed by atoms with Crippen molar-refractivity contribution in [3.63, 3.8) is 0 Å². The predicted octanol–water partition coefficient (Wildman–Crippen LogP) is 0.179. The number of hydrogen-bond donors (Lipinski definition) is 2. The van der Waals surface area contributed by atoms with Gasteiger partial charge in [-0.25, -0.2) is 9.67 Å². The molecule has 1 aromatic carbocycles. The van der Waals surface area contributed by atoms with Crippen LogP contribution < -0.4 is 11.1 Å². The summed E-state index contributed by atoms with van der Waals surface area (Å²) in [5.41, 5.74) is 7.28. The summed E-state index contributed by atoms with van der Waals surface area (Å²) in [6.07, 6.45) is 3.02. The SMILES string of the molecule is NC1COCC1C(=O)Nc1ccccc1-n1cncn1. The van der Waals surface area contributed by atoms with Gasteiger partial charge in [-0.2, -0.15) is 5.10 Å². The van der Waals surface area contributed by atoms with Crippen molar-refractivity contribution in [1.29, 1.82) is 0 Å². The normalized spacial score (nSPS) is 21.9. The summed E-state index contributed by atoms with van der Waals surface area (Å²) in [6.45, 7) is 0.779. The highest BCUT2D eigenvalue weighted by Gasteiger charge is 2.31. The van der Waals surface area contributed by atoms with Gasteiger partial charge in [-0.15, -0.1) is 0 Å². The van der Waals surface area contributed by atoms with Gasteiger partial charge in [-0.3, -0.25) is 4.79 Å². The van der Waals surface area contributed by atoms with Crippen molar-refractivity contribution in [3.05, 3.63) is 36.9 Å². The first kappa shape index (κ1) is 12.8. The minimum absolute atomic E-state index is 0.137. The first-order chi connectivity index (χ1) is 9.75. The molecule has 7 nitrogen and oxygen atoms in total. The number of carbonyl (C=O) groups excluding carboxylic acids is 1. The van der Waals surface area contributed by atoms with Crippen molar-refractivity contribution in [2.24, 2.45) is 11.7 Å².